The molecule has 0 bridgehead atoms. The number of hydrogen-bond acceptors (Lipinski definition) is 4. The van der Waals surface area contributed by atoms with Crippen LogP contribution in [0.1, 0.15) is 11.3 Å². The first-order valence-corrected chi connectivity index (χ1v) is 6.04. The molecule has 0 saturated heterocycles. The smallest absolute Gasteiger partial charge is 0.225 e. The molecule has 0 aliphatic carbocycles. The summed E-state index contributed by atoms with van der Waals surface area (Å²) >= 11 is 1.65. The molecule has 1 unspecified atom stereocenters. The number of methoxy groups -OCH3 is 1. The van der Waals surface area contributed by atoms with Gasteiger partial charge in [0.05, 0.1) is 19.1 Å². The molecule has 0 radical (unpaired) electrons. The molecule has 5 heteroatoms. The van der Waals surface area contributed by atoms with E-state index in [1.807, 2.05) is 17.5 Å². The summed E-state index contributed by atoms with van der Waals surface area (Å²) in [6.45, 7) is 1.02. The Morgan fingerprint density at radius 2 is 2.44 bits per heavy atom. The summed E-state index contributed by atoms with van der Waals surface area (Å²) in [5.41, 5.74) is 5.47. The lowest BCUT2D eigenvalue weighted by molar-refractivity contribution is -0.132. The summed E-state index contributed by atoms with van der Waals surface area (Å²) in [6, 6.07) is 4.00. The van der Waals surface area contributed by atoms with Crippen molar-refractivity contribution in [2.45, 2.75) is 19.1 Å². The highest BCUT2D eigenvalue weighted by Crippen LogP contribution is 2.11. The minimum atomic E-state index is -0.182. The molecule has 90 valence electrons. The molecule has 4 nitrogen and oxygen atoms in total. The number of amides is 1. The van der Waals surface area contributed by atoms with E-state index in [9.17, 15) is 4.79 Å². The molecule has 0 spiro atoms. The highest BCUT2D eigenvalue weighted by molar-refractivity contribution is 7.09. The van der Waals surface area contributed by atoms with Crippen molar-refractivity contribution >= 4 is 17.2 Å². The first-order chi connectivity index (χ1) is 7.67. The maximum atomic E-state index is 11.8. The maximum absolute atomic E-state index is 11.8. The molecule has 1 heterocycles. The predicted molar refractivity (Wildman–Crippen MR) is 65.3 cm³/mol. The minimum absolute atomic E-state index is 0.0608. The van der Waals surface area contributed by atoms with Gasteiger partial charge < -0.3 is 15.4 Å². The van der Waals surface area contributed by atoms with Crippen LogP contribution < -0.4 is 5.73 Å². The first kappa shape index (κ1) is 13.2. The summed E-state index contributed by atoms with van der Waals surface area (Å²) in [5.74, 6) is 0.0608. The Labute approximate surface area is 100 Å². The third kappa shape index (κ3) is 3.92. The number of nitrogens with zero attached hydrogens (tertiary/aromatic N) is 1. The second kappa shape index (κ2) is 6.62. The van der Waals surface area contributed by atoms with Gasteiger partial charge in [-0.05, 0) is 11.4 Å². The van der Waals surface area contributed by atoms with Gasteiger partial charge in [-0.3, -0.25) is 4.79 Å². The quantitative estimate of drug-likeness (QED) is 0.812. The average molecular weight is 242 g/mol. The Balaban J connectivity index is 2.41. The van der Waals surface area contributed by atoms with Crippen molar-refractivity contribution in [1.29, 1.82) is 0 Å². The summed E-state index contributed by atoms with van der Waals surface area (Å²) in [4.78, 5) is 14.7. The van der Waals surface area contributed by atoms with E-state index < -0.39 is 0 Å². The Bertz CT molecular complexity index is 310. The molecule has 1 rings (SSSR count). The SMILES string of the molecule is COC(CN)CC(=O)N(C)Cc1cccs1. The molecule has 0 aliphatic rings. The van der Waals surface area contributed by atoms with Crippen molar-refractivity contribution in [3.8, 4) is 0 Å². The van der Waals surface area contributed by atoms with Crippen molar-refractivity contribution in [3.05, 3.63) is 22.4 Å². The third-order valence-electron chi connectivity index (χ3n) is 2.40. The van der Waals surface area contributed by atoms with Crippen LogP contribution in [0.25, 0.3) is 0 Å². The van der Waals surface area contributed by atoms with Crippen LogP contribution in [0.3, 0.4) is 0 Å². The number of thiophene rings is 1. The zero-order valence-corrected chi connectivity index (χ0v) is 10.5. The first-order valence-electron chi connectivity index (χ1n) is 5.16. The largest absolute Gasteiger partial charge is 0.380 e. The van der Waals surface area contributed by atoms with Gasteiger partial charge in [-0.15, -0.1) is 11.3 Å². The second-order valence-electron chi connectivity index (χ2n) is 3.63. The van der Waals surface area contributed by atoms with Crippen molar-refractivity contribution in [1.82, 2.24) is 4.90 Å². The molecule has 0 aliphatic heterocycles. The number of hydrogen-bond donors (Lipinski definition) is 1. The van der Waals surface area contributed by atoms with E-state index in [2.05, 4.69) is 0 Å². The fourth-order valence-electron chi connectivity index (χ4n) is 1.34. The van der Waals surface area contributed by atoms with E-state index >= 15 is 0 Å². The van der Waals surface area contributed by atoms with Crippen LogP contribution in [0, 0.1) is 0 Å². The summed E-state index contributed by atoms with van der Waals surface area (Å²) < 4.78 is 5.09. The molecule has 1 amide bonds. The Morgan fingerprint density at radius 1 is 1.69 bits per heavy atom. The molecular formula is C11H18N2O2S. The van der Waals surface area contributed by atoms with Gasteiger partial charge in [-0.2, -0.15) is 0 Å². The summed E-state index contributed by atoms with van der Waals surface area (Å²) in [6.07, 6.45) is 0.160. The van der Waals surface area contributed by atoms with Crippen LogP contribution >= 0.6 is 11.3 Å². The van der Waals surface area contributed by atoms with Gasteiger partial charge in [0, 0.05) is 25.6 Å². The van der Waals surface area contributed by atoms with Crippen LogP contribution in [0.4, 0.5) is 0 Å². The zero-order chi connectivity index (χ0) is 12.0. The number of carbonyl (C=O) groups is 1. The monoisotopic (exact) mass is 242 g/mol. The molecule has 0 saturated carbocycles. The van der Waals surface area contributed by atoms with Crippen molar-refractivity contribution < 1.29 is 9.53 Å². The van der Waals surface area contributed by atoms with Gasteiger partial charge in [-0.1, -0.05) is 6.07 Å². The van der Waals surface area contributed by atoms with Gasteiger partial charge in [0.15, 0.2) is 0 Å². The Morgan fingerprint density at radius 3 is 2.94 bits per heavy atom. The Hall–Kier alpha value is -0.910. The molecule has 1 atom stereocenters. The number of ether oxygens (including phenoxy) is 1. The van der Waals surface area contributed by atoms with Crippen LogP contribution in [0.15, 0.2) is 17.5 Å². The third-order valence-corrected chi connectivity index (χ3v) is 3.26. The molecular weight excluding hydrogens is 224 g/mol. The topological polar surface area (TPSA) is 55.6 Å². The number of carbonyl (C=O) groups excluding carboxylic acids is 1. The lowest BCUT2D eigenvalue weighted by Crippen LogP contribution is -2.33. The summed E-state index contributed by atoms with van der Waals surface area (Å²) in [7, 11) is 3.37. The van der Waals surface area contributed by atoms with Crippen molar-refractivity contribution in [2.24, 2.45) is 5.73 Å². The van der Waals surface area contributed by atoms with E-state index in [-0.39, 0.29) is 12.0 Å². The standard InChI is InChI=1S/C11H18N2O2S/c1-13(8-10-4-3-5-16-10)11(14)6-9(7-12)15-2/h3-5,9H,6-8,12H2,1-2H3. The van der Waals surface area contributed by atoms with Gasteiger partial charge in [0.2, 0.25) is 5.91 Å². The van der Waals surface area contributed by atoms with Crippen LogP contribution in [-0.4, -0.2) is 37.6 Å². The highest BCUT2D eigenvalue weighted by atomic mass is 32.1. The van der Waals surface area contributed by atoms with E-state index in [1.165, 1.54) is 4.88 Å². The predicted octanol–water partition coefficient (Wildman–Crippen LogP) is 1.07. The normalized spacial score (nSPS) is 12.4. The van der Waals surface area contributed by atoms with Crippen molar-refractivity contribution in [2.75, 3.05) is 20.7 Å². The van der Waals surface area contributed by atoms with E-state index in [1.54, 1.807) is 30.4 Å². The van der Waals surface area contributed by atoms with Crippen molar-refractivity contribution in [3.63, 3.8) is 0 Å². The lowest BCUT2D eigenvalue weighted by atomic mass is 10.2. The van der Waals surface area contributed by atoms with Gasteiger partial charge >= 0.3 is 0 Å². The minimum Gasteiger partial charge on any atom is -0.380 e. The van der Waals surface area contributed by atoms with Crippen LogP contribution in [0.5, 0.6) is 0 Å². The van der Waals surface area contributed by atoms with Crippen LogP contribution in [-0.2, 0) is 16.1 Å². The fraction of sp³-hybridized carbons (Fsp3) is 0.545. The Kier molecular flexibility index (Phi) is 5.45. The highest BCUT2D eigenvalue weighted by Gasteiger charge is 2.15. The molecule has 1 aromatic rings. The van der Waals surface area contributed by atoms with Gasteiger partial charge in [0.25, 0.3) is 0 Å². The number of rotatable bonds is 6. The lowest BCUT2D eigenvalue weighted by Gasteiger charge is -2.19. The van der Waals surface area contributed by atoms with Gasteiger partial charge in [0.1, 0.15) is 0 Å². The molecule has 1 aromatic heterocycles. The molecule has 16 heavy (non-hydrogen) atoms. The van der Waals surface area contributed by atoms with E-state index in [0.717, 1.165) is 0 Å². The van der Waals surface area contributed by atoms with Gasteiger partial charge in [-0.25, -0.2) is 0 Å². The molecule has 0 fully saturated rings. The van der Waals surface area contributed by atoms with E-state index in [4.69, 9.17) is 10.5 Å². The zero-order valence-electron chi connectivity index (χ0n) is 9.68. The second-order valence-corrected chi connectivity index (χ2v) is 4.66. The van der Waals surface area contributed by atoms with E-state index in [0.29, 0.717) is 19.5 Å². The molecule has 0 aromatic carbocycles. The van der Waals surface area contributed by atoms with Crippen LogP contribution in [0.2, 0.25) is 0 Å². The number of nitrogens with two attached hydrogens (primary N) is 1. The molecule has 2 N–H and O–H groups in total. The fourth-order valence-corrected chi connectivity index (χ4v) is 2.10. The maximum Gasteiger partial charge on any atom is 0.225 e. The summed E-state index contributed by atoms with van der Waals surface area (Å²) in [5, 5.41) is 2.01. The average Bonchev–Trinajstić information content (AvgIpc) is 2.78.